The van der Waals surface area contributed by atoms with E-state index < -0.39 is 123 Å². The molecule has 41 heavy (non-hydrogen) atoms. The van der Waals surface area contributed by atoms with Crippen molar-refractivity contribution in [1.82, 2.24) is 10.6 Å². The molecule has 0 spiro atoms. The first-order valence-corrected chi connectivity index (χ1v) is 13.1. The number of nitrogens with zero attached hydrogens (tertiary/aromatic N) is 1. The molecule has 3 heterocycles. The molecule has 15 atom stereocenters. The van der Waals surface area contributed by atoms with Crippen LogP contribution in [0.15, 0.2) is 4.99 Å². The molecule has 3 aliphatic heterocycles. The zero-order valence-corrected chi connectivity index (χ0v) is 22.3. The maximum absolute atomic E-state index is 12.1. The second kappa shape index (κ2) is 13.0. The molecule has 4 aliphatic rings. The summed E-state index contributed by atoms with van der Waals surface area (Å²) in [5.41, 5.74) is 5.60. The van der Waals surface area contributed by atoms with E-state index in [1.54, 1.807) is 0 Å². The number of hydrogen-bond acceptors (Lipinski definition) is 16. The fourth-order valence-corrected chi connectivity index (χ4v) is 5.73. The molecule has 18 heteroatoms. The van der Waals surface area contributed by atoms with Gasteiger partial charge in [-0.15, -0.1) is 0 Å². The van der Waals surface area contributed by atoms with Crippen LogP contribution in [-0.2, 0) is 33.3 Å². The third-order valence-electron chi connectivity index (χ3n) is 7.67. The average molecular weight is 595 g/mol. The number of nitrogens with one attached hydrogen (secondary N) is 2. The molecule has 1 saturated carbocycles. The van der Waals surface area contributed by atoms with Crippen LogP contribution in [0.25, 0.3) is 0 Å². The second-order valence-electron chi connectivity index (χ2n) is 10.5. The summed E-state index contributed by atoms with van der Waals surface area (Å²) < 4.78 is 28.7. The molecule has 11 N–H and O–H groups in total. The van der Waals surface area contributed by atoms with Crippen molar-refractivity contribution in [1.29, 1.82) is 0 Å². The zero-order chi connectivity index (χ0) is 30.2. The Morgan fingerprint density at radius 1 is 0.805 bits per heavy atom. The first-order chi connectivity index (χ1) is 19.4. The van der Waals surface area contributed by atoms with Gasteiger partial charge >= 0.3 is 0 Å². The van der Waals surface area contributed by atoms with Crippen molar-refractivity contribution >= 4 is 17.8 Å². The van der Waals surface area contributed by atoms with Crippen molar-refractivity contribution in [3.8, 4) is 0 Å². The number of aliphatic hydroxyl groups is 7. The van der Waals surface area contributed by atoms with Crippen molar-refractivity contribution in [2.24, 2.45) is 16.6 Å². The van der Waals surface area contributed by atoms with Gasteiger partial charge in [-0.25, -0.2) is 4.99 Å². The number of aliphatic imine (C=N–C) groups is 1. The maximum atomic E-state index is 12.1. The van der Waals surface area contributed by atoms with Gasteiger partial charge in [0, 0.05) is 13.8 Å². The van der Waals surface area contributed by atoms with Crippen LogP contribution in [0.1, 0.15) is 13.8 Å². The molecule has 2 saturated heterocycles. The summed E-state index contributed by atoms with van der Waals surface area (Å²) in [5, 5.41) is 77.6. The Morgan fingerprint density at radius 2 is 1.34 bits per heavy atom. The van der Waals surface area contributed by atoms with Gasteiger partial charge in [0.25, 0.3) is 6.02 Å². The van der Waals surface area contributed by atoms with Gasteiger partial charge < -0.3 is 75.8 Å². The van der Waals surface area contributed by atoms with Gasteiger partial charge in [-0.1, -0.05) is 0 Å². The van der Waals surface area contributed by atoms with Gasteiger partial charge in [0.15, 0.2) is 12.6 Å². The van der Waals surface area contributed by atoms with Gasteiger partial charge in [0.2, 0.25) is 11.8 Å². The minimum absolute atomic E-state index is 0.152. The number of carbonyl (C=O) groups excluding carboxylic acids is 2. The molecule has 0 aromatic heterocycles. The molecule has 0 aromatic carbocycles. The van der Waals surface area contributed by atoms with E-state index in [4.69, 9.17) is 29.4 Å². The fourth-order valence-electron chi connectivity index (χ4n) is 5.73. The maximum Gasteiger partial charge on any atom is 0.282 e. The number of aliphatic hydroxyl groups excluding tert-OH is 7. The number of amidine groups is 1. The van der Waals surface area contributed by atoms with Gasteiger partial charge in [-0.3, -0.25) is 9.59 Å². The Balaban J connectivity index is 1.57. The van der Waals surface area contributed by atoms with Crippen LogP contribution in [0, 0.1) is 5.92 Å². The van der Waals surface area contributed by atoms with Gasteiger partial charge in [0.1, 0.15) is 67.0 Å². The van der Waals surface area contributed by atoms with Crippen LogP contribution in [0.2, 0.25) is 0 Å². The standard InChI is InChI=1S/C23H38N4O14/c1-6(31)25-12-15(34)14(33)9(4-29)37-21(12)40-20-10(5-30)38-22(13(17(20)36)26-7(2)32)39-19-8(3-28)18-11(16(19)35)27-23(24)41-18/h8-22,28-30,33-36H,3-5H2,1-2H3,(H2,24,27)(H,25,31)(H,26,32)/t8?,9-,10-,11?,12-,13-,14-,15+,16?,17+,18?,19?,20-,21+,22+/m1/s1. The third kappa shape index (κ3) is 6.27. The highest BCUT2D eigenvalue weighted by atomic mass is 16.7. The lowest BCUT2D eigenvalue weighted by Gasteiger charge is -2.48. The van der Waals surface area contributed by atoms with E-state index in [9.17, 15) is 45.3 Å². The van der Waals surface area contributed by atoms with E-state index >= 15 is 0 Å². The van der Waals surface area contributed by atoms with Crippen molar-refractivity contribution < 1.29 is 69.0 Å². The molecule has 4 rings (SSSR count). The summed E-state index contributed by atoms with van der Waals surface area (Å²) in [6.45, 7) is 0.333. The number of hydrogen-bond donors (Lipinski definition) is 10. The quantitative estimate of drug-likeness (QED) is 0.119. The van der Waals surface area contributed by atoms with Crippen LogP contribution in [0.4, 0.5) is 0 Å². The highest BCUT2D eigenvalue weighted by Gasteiger charge is 2.58. The lowest BCUT2D eigenvalue weighted by Crippen LogP contribution is -2.69. The number of rotatable bonds is 9. The summed E-state index contributed by atoms with van der Waals surface area (Å²) in [6.07, 6.45) is -15.4. The van der Waals surface area contributed by atoms with Crippen molar-refractivity contribution in [3.05, 3.63) is 0 Å². The Hall–Kier alpha value is -2.23. The molecule has 2 amide bonds. The van der Waals surface area contributed by atoms with Crippen LogP contribution in [0.3, 0.4) is 0 Å². The summed E-state index contributed by atoms with van der Waals surface area (Å²) in [7, 11) is 0. The van der Waals surface area contributed by atoms with Crippen molar-refractivity contribution in [2.75, 3.05) is 19.8 Å². The molecule has 18 nitrogen and oxygen atoms in total. The van der Waals surface area contributed by atoms with Crippen LogP contribution in [-0.4, -0.2) is 159 Å². The SMILES string of the molecule is CC(=O)N[C@H]1[C@H](O[C@H]2[C@@H](O)[C@@H](NC(C)=O)[C@H](OC3C(O)C4N=C(N)OC4C3CO)O[C@@H]2CO)O[C@H](CO)[C@@H](O)[C@H]1O. The molecule has 5 unspecified atom stereocenters. The van der Waals surface area contributed by atoms with E-state index in [-0.39, 0.29) is 6.02 Å². The Bertz CT molecular complexity index is 975. The summed E-state index contributed by atoms with van der Waals surface area (Å²) >= 11 is 0. The van der Waals surface area contributed by atoms with Crippen LogP contribution >= 0.6 is 0 Å². The van der Waals surface area contributed by atoms with Crippen LogP contribution in [0.5, 0.6) is 0 Å². The van der Waals surface area contributed by atoms with Crippen LogP contribution < -0.4 is 16.4 Å². The highest BCUT2D eigenvalue weighted by Crippen LogP contribution is 2.39. The smallest absolute Gasteiger partial charge is 0.282 e. The Morgan fingerprint density at radius 3 is 1.88 bits per heavy atom. The van der Waals surface area contributed by atoms with Gasteiger partial charge in [-0.05, 0) is 0 Å². The van der Waals surface area contributed by atoms with Crippen molar-refractivity contribution in [3.63, 3.8) is 0 Å². The van der Waals surface area contributed by atoms with E-state index in [0.717, 1.165) is 13.8 Å². The average Bonchev–Trinajstić information content (AvgIpc) is 3.41. The minimum atomic E-state index is -1.68. The largest absolute Gasteiger partial charge is 0.459 e. The minimum Gasteiger partial charge on any atom is -0.459 e. The molecule has 0 radical (unpaired) electrons. The predicted molar refractivity (Wildman–Crippen MR) is 131 cm³/mol. The molecular formula is C23H38N4O14. The zero-order valence-electron chi connectivity index (χ0n) is 22.3. The first-order valence-electron chi connectivity index (χ1n) is 13.1. The molecular weight excluding hydrogens is 556 g/mol. The first kappa shape index (κ1) is 31.7. The number of ether oxygens (including phenoxy) is 5. The van der Waals surface area contributed by atoms with E-state index in [0.29, 0.717) is 0 Å². The van der Waals surface area contributed by atoms with Crippen molar-refractivity contribution in [2.45, 2.75) is 99.5 Å². The van der Waals surface area contributed by atoms with E-state index in [1.165, 1.54) is 0 Å². The summed E-state index contributed by atoms with van der Waals surface area (Å²) in [5.74, 6) is -2.05. The van der Waals surface area contributed by atoms with Gasteiger partial charge in [0.05, 0.1) is 31.8 Å². The lowest BCUT2D eigenvalue weighted by molar-refractivity contribution is -0.339. The summed E-state index contributed by atoms with van der Waals surface area (Å²) in [6, 6.07) is -3.73. The molecule has 3 fully saturated rings. The van der Waals surface area contributed by atoms with E-state index in [2.05, 4.69) is 15.6 Å². The Labute approximate surface area is 234 Å². The monoisotopic (exact) mass is 594 g/mol. The second-order valence-corrected chi connectivity index (χ2v) is 10.5. The normalized spacial score (nSPS) is 45.9. The molecule has 0 aromatic rings. The van der Waals surface area contributed by atoms with Gasteiger partial charge in [-0.2, -0.15) is 0 Å². The predicted octanol–water partition coefficient (Wildman–Crippen LogP) is -6.65. The highest BCUT2D eigenvalue weighted by molar-refractivity contribution is 5.74. The third-order valence-corrected chi connectivity index (χ3v) is 7.67. The molecule has 1 aliphatic carbocycles. The lowest BCUT2D eigenvalue weighted by atomic mass is 9.94. The van der Waals surface area contributed by atoms with E-state index in [1.807, 2.05) is 0 Å². The Kier molecular flexibility index (Phi) is 10.0. The number of carbonyl (C=O) groups is 2. The number of amides is 2. The topological polar surface area (TPSA) is 284 Å². The molecule has 234 valence electrons. The number of nitrogens with two attached hydrogens (primary N) is 1. The molecule has 0 bridgehead atoms. The summed E-state index contributed by atoms with van der Waals surface area (Å²) in [4.78, 5) is 27.9. The number of fused-ring (bicyclic) bond motifs is 1. The fraction of sp³-hybridized carbons (Fsp3) is 0.870.